The van der Waals surface area contributed by atoms with E-state index in [4.69, 9.17) is 9.47 Å². The second kappa shape index (κ2) is 5.74. The summed E-state index contributed by atoms with van der Waals surface area (Å²) < 4.78 is 11.3. The lowest BCUT2D eigenvalue weighted by Crippen LogP contribution is -2.00. The Balaban J connectivity index is 1.68. The summed E-state index contributed by atoms with van der Waals surface area (Å²) in [6.07, 6.45) is 0.908. The lowest BCUT2D eigenvalue weighted by Gasteiger charge is -2.11. The molecular weight excluding hydrogens is 254 g/mol. The van der Waals surface area contributed by atoms with Crippen molar-refractivity contribution in [1.29, 1.82) is 0 Å². The van der Waals surface area contributed by atoms with Crippen LogP contribution in [0.3, 0.4) is 0 Å². The third-order valence-corrected chi connectivity index (χ3v) is 3.18. The van der Waals surface area contributed by atoms with Gasteiger partial charge < -0.3 is 19.9 Å². The highest BCUT2D eigenvalue weighted by Crippen LogP contribution is 2.32. The van der Waals surface area contributed by atoms with E-state index in [9.17, 15) is 5.11 Å². The van der Waals surface area contributed by atoms with Crippen LogP contribution in [-0.2, 0) is 6.54 Å². The number of hydrogen-bond donors (Lipinski definition) is 2. The first-order valence-electron chi connectivity index (χ1n) is 6.73. The van der Waals surface area contributed by atoms with Crippen LogP contribution in [-0.4, -0.2) is 18.3 Å². The number of anilines is 1. The summed E-state index contributed by atoms with van der Waals surface area (Å²) in [6, 6.07) is 13.0. The lowest BCUT2D eigenvalue weighted by atomic mass is 10.2. The Morgan fingerprint density at radius 3 is 2.50 bits per heavy atom. The summed E-state index contributed by atoms with van der Waals surface area (Å²) >= 11 is 0. The molecule has 1 heterocycles. The second-order valence-electron chi connectivity index (χ2n) is 4.73. The molecule has 0 aromatic heterocycles. The van der Waals surface area contributed by atoms with Gasteiger partial charge in [-0.05, 0) is 29.8 Å². The normalized spacial score (nSPS) is 13.6. The maximum absolute atomic E-state index is 9.25. The Bertz CT molecular complexity index is 581. The van der Waals surface area contributed by atoms with Crippen molar-refractivity contribution in [2.24, 2.45) is 0 Å². The molecule has 0 radical (unpaired) electrons. The van der Waals surface area contributed by atoms with Gasteiger partial charge in [0.25, 0.3) is 0 Å². The van der Waals surface area contributed by atoms with E-state index in [1.165, 1.54) is 0 Å². The third-order valence-electron chi connectivity index (χ3n) is 3.18. The molecule has 1 aliphatic rings. The van der Waals surface area contributed by atoms with E-state index in [1.807, 2.05) is 30.3 Å². The van der Waals surface area contributed by atoms with Crippen molar-refractivity contribution in [1.82, 2.24) is 0 Å². The molecule has 0 unspecified atom stereocenters. The summed E-state index contributed by atoms with van der Waals surface area (Å²) in [5.41, 5.74) is 2.09. The second-order valence-corrected chi connectivity index (χ2v) is 4.73. The highest BCUT2D eigenvalue weighted by molar-refractivity contribution is 5.55. The number of ether oxygens (including phenoxy) is 2. The van der Waals surface area contributed by atoms with Crippen LogP contribution in [0.2, 0.25) is 0 Å². The van der Waals surface area contributed by atoms with E-state index >= 15 is 0 Å². The molecule has 0 saturated carbocycles. The van der Waals surface area contributed by atoms with Crippen LogP contribution >= 0.6 is 0 Å². The number of fused-ring (bicyclic) bond motifs is 1. The molecule has 0 atom stereocenters. The number of hydrogen-bond acceptors (Lipinski definition) is 4. The van der Waals surface area contributed by atoms with Crippen molar-refractivity contribution >= 4 is 5.69 Å². The number of phenols is 1. The van der Waals surface area contributed by atoms with Crippen molar-refractivity contribution in [3.05, 3.63) is 48.0 Å². The van der Waals surface area contributed by atoms with Crippen molar-refractivity contribution in [2.75, 3.05) is 18.5 Å². The fourth-order valence-corrected chi connectivity index (χ4v) is 2.09. The molecule has 0 spiro atoms. The van der Waals surface area contributed by atoms with Gasteiger partial charge in [0.05, 0.1) is 13.2 Å². The molecule has 104 valence electrons. The maximum atomic E-state index is 9.25. The molecular formula is C16H17NO3. The zero-order valence-corrected chi connectivity index (χ0v) is 11.1. The molecule has 0 bridgehead atoms. The fourth-order valence-electron chi connectivity index (χ4n) is 2.09. The fraction of sp³-hybridized carbons (Fsp3) is 0.250. The van der Waals surface area contributed by atoms with E-state index < -0.39 is 0 Å². The van der Waals surface area contributed by atoms with Gasteiger partial charge in [0.2, 0.25) is 0 Å². The maximum Gasteiger partial charge on any atom is 0.163 e. The van der Waals surface area contributed by atoms with Gasteiger partial charge in [-0.25, -0.2) is 0 Å². The molecule has 2 aromatic rings. The van der Waals surface area contributed by atoms with Gasteiger partial charge in [-0.1, -0.05) is 12.1 Å². The van der Waals surface area contributed by atoms with Crippen molar-refractivity contribution < 1.29 is 14.6 Å². The smallest absolute Gasteiger partial charge is 0.163 e. The minimum absolute atomic E-state index is 0.282. The highest BCUT2D eigenvalue weighted by Gasteiger charge is 2.10. The summed E-state index contributed by atoms with van der Waals surface area (Å²) in [5, 5.41) is 12.6. The summed E-state index contributed by atoms with van der Waals surface area (Å²) in [7, 11) is 0. The number of benzene rings is 2. The van der Waals surface area contributed by atoms with Crippen LogP contribution in [0, 0.1) is 0 Å². The average Bonchev–Trinajstić information content (AvgIpc) is 2.71. The standard InChI is InChI=1S/C16H17NO3/c18-14-5-2-12(3-6-14)11-17-13-4-7-15-16(10-13)20-9-1-8-19-15/h2-7,10,17-18H,1,8-9,11H2. The molecule has 1 aliphatic heterocycles. The van der Waals surface area contributed by atoms with Crippen LogP contribution < -0.4 is 14.8 Å². The Morgan fingerprint density at radius 2 is 1.70 bits per heavy atom. The minimum atomic E-state index is 0.282. The van der Waals surface area contributed by atoms with Gasteiger partial charge in [0, 0.05) is 24.7 Å². The van der Waals surface area contributed by atoms with E-state index in [-0.39, 0.29) is 5.75 Å². The van der Waals surface area contributed by atoms with Gasteiger partial charge in [0.1, 0.15) is 5.75 Å². The van der Waals surface area contributed by atoms with Gasteiger partial charge in [-0.2, -0.15) is 0 Å². The molecule has 4 nitrogen and oxygen atoms in total. The quantitative estimate of drug-likeness (QED) is 0.900. The number of rotatable bonds is 3. The first kappa shape index (κ1) is 12.7. The molecule has 2 N–H and O–H groups in total. The third kappa shape index (κ3) is 2.96. The van der Waals surface area contributed by atoms with E-state index in [0.717, 1.165) is 29.2 Å². The van der Waals surface area contributed by atoms with Crippen LogP contribution in [0.15, 0.2) is 42.5 Å². The van der Waals surface area contributed by atoms with Crippen LogP contribution in [0.25, 0.3) is 0 Å². The van der Waals surface area contributed by atoms with Crippen molar-refractivity contribution in [3.8, 4) is 17.2 Å². The van der Waals surface area contributed by atoms with Crippen molar-refractivity contribution in [2.45, 2.75) is 13.0 Å². The highest BCUT2D eigenvalue weighted by atomic mass is 16.5. The predicted molar refractivity (Wildman–Crippen MR) is 77.5 cm³/mol. The Kier molecular flexibility index (Phi) is 3.63. The average molecular weight is 271 g/mol. The SMILES string of the molecule is Oc1ccc(CNc2ccc3c(c2)OCCCO3)cc1. The molecule has 20 heavy (non-hydrogen) atoms. The van der Waals surface area contributed by atoms with E-state index in [0.29, 0.717) is 19.8 Å². The zero-order chi connectivity index (χ0) is 13.8. The van der Waals surface area contributed by atoms with Crippen LogP contribution in [0.1, 0.15) is 12.0 Å². The van der Waals surface area contributed by atoms with Crippen molar-refractivity contribution in [3.63, 3.8) is 0 Å². The Morgan fingerprint density at radius 1 is 0.950 bits per heavy atom. The number of phenolic OH excluding ortho intramolecular Hbond substituents is 1. The summed E-state index contributed by atoms with van der Waals surface area (Å²) in [6.45, 7) is 2.08. The summed E-state index contributed by atoms with van der Waals surface area (Å²) in [5.74, 6) is 1.88. The summed E-state index contributed by atoms with van der Waals surface area (Å²) in [4.78, 5) is 0. The Hall–Kier alpha value is -2.36. The minimum Gasteiger partial charge on any atom is -0.508 e. The van der Waals surface area contributed by atoms with Gasteiger partial charge in [-0.15, -0.1) is 0 Å². The molecule has 4 heteroatoms. The lowest BCUT2D eigenvalue weighted by molar-refractivity contribution is 0.297. The monoisotopic (exact) mass is 271 g/mol. The van der Waals surface area contributed by atoms with Crippen LogP contribution in [0.4, 0.5) is 5.69 Å². The van der Waals surface area contributed by atoms with Crippen LogP contribution in [0.5, 0.6) is 17.2 Å². The van der Waals surface area contributed by atoms with Gasteiger partial charge in [-0.3, -0.25) is 0 Å². The molecule has 2 aromatic carbocycles. The zero-order valence-electron chi connectivity index (χ0n) is 11.1. The predicted octanol–water partition coefficient (Wildman–Crippen LogP) is 3.17. The number of nitrogens with one attached hydrogen (secondary N) is 1. The first-order valence-corrected chi connectivity index (χ1v) is 6.73. The topological polar surface area (TPSA) is 50.7 Å². The van der Waals surface area contributed by atoms with Gasteiger partial charge in [0.15, 0.2) is 11.5 Å². The van der Waals surface area contributed by atoms with E-state index in [1.54, 1.807) is 12.1 Å². The molecule has 0 aliphatic carbocycles. The first-order chi connectivity index (χ1) is 9.81. The van der Waals surface area contributed by atoms with E-state index in [2.05, 4.69) is 5.32 Å². The number of aromatic hydroxyl groups is 1. The molecule has 3 rings (SSSR count). The Labute approximate surface area is 118 Å². The molecule has 0 saturated heterocycles. The molecule has 0 fully saturated rings. The largest absolute Gasteiger partial charge is 0.508 e. The molecule has 0 amide bonds. The van der Waals surface area contributed by atoms with Gasteiger partial charge >= 0.3 is 0 Å².